The largest absolute Gasteiger partial charge is 0.269 e. The highest BCUT2D eigenvalue weighted by Gasteiger charge is 2.16. The molecule has 58 valence electrons. The number of hydrazone groups is 1. The van der Waals surface area contributed by atoms with Crippen LogP contribution in [-0.2, 0) is 4.84 Å². The first-order valence-corrected chi connectivity index (χ1v) is 2.94. The summed E-state index contributed by atoms with van der Waals surface area (Å²) in [6.45, 7) is 3.68. The first-order valence-electron chi connectivity index (χ1n) is 2.94. The van der Waals surface area contributed by atoms with Gasteiger partial charge in [-0.1, -0.05) is 0 Å². The van der Waals surface area contributed by atoms with Gasteiger partial charge in [0.25, 0.3) is 0 Å². The highest BCUT2D eigenvalue weighted by molar-refractivity contribution is 5.52. The molecular weight excluding hydrogens is 136 g/mol. The summed E-state index contributed by atoms with van der Waals surface area (Å²) in [7, 11) is 0. The van der Waals surface area contributed by atoms with Gasteiger partial charge in [-0.15, -0.1) is 10.3 Å². The Labute approximate surface area is 58.5 Å². The fraction of sp³-hybridized carbons (Fsp3) is 0.750. The molecule has 0 saturated carbocycles. The molecule has 6 heteroatoms. The van der Waals surface area contributed by atoms with Crippen LogP contribution in [0.25, 0.3) is 0 Å². The molecule has 10 heavy (non-hydrogen) atoms. The zero-order valence-electron chi connectivity index (χ0n) is 5.85. The van der Waals surface area contributed by atoms with E-state index in [9.17, 15) is 0 Å². The van der Waals surface area contributed by atoms with Gasteiger partial charge < -0.3 is 0 Å². The molecule has 0 aromatic rings. The fourth-order valence-electron chi connectivity index (χ4n) is 0.491. The lowest BCUT2D eigenvalue weighted by molar-refractivity contribution is -0.376. The SMILES string of the molecule is CC(C)ON1NN=CN1O. The van der Waals surface area contributed by atoms with Crippen LogP contribution >= 0.6 is 0 Å². The summed E-state index contributed by atoms with van der Waals surface area (Å²) in [6, 6.07) is 0. The summed E-state index contributed by atoms with van der Waals surface area (Å²) in [5.74, 6) is 0. The topological polar surface area (TPSA) is 60.3 Å². The average molecular weight is 146 g/mol. The normalized spacial score (nSPS) is 18.6. The second-order valence-corrected chi connectivity index (χ2v) is 2.09. The fourth-order valence-corrected chi connectivity index (χ4v) is 0.491. The highest BCUT2D eigenvalue weighted by atomic mass is 16.8. The molecule has 6 nitrogen and oxygen atoms in total. The zero-order chi connectivity index (χ0) is 7.56. The Hall–Kier alpha value is -0.850. The molecule has 0 fully saturated rings. The van der Waals surface area contributed by atoms with Gasteiger partial charge in [0.2, 0.25) is 0 Å². The van der Waals surface area contributed by atoms with Crippen molar-refractivity contribution in [2.24, 2.45) is 5.10 Å². The lowest BCUT2D eigenvalue weighted by Crippen LogP contribution is -2.42. The van der Waals surface area contributed by atoms with Crippen LogP contribution in [0.15, 0.2) is 5.10 Å². The molecule has 0 spiro atoms. The molecular formula is C4H10N4O2. The Morgan fingerprint density at radius 1 is 1.70 bits per heavy atom. The van der Waals surface area contributed by atoms with Gasteiger partial charge in [0.1, 0.15) is 0 Å². The third-order valence-corrected chi connectivity index (χ3v) is 0.801. The van der Waals surface area contributed by atoms with Crippen LogP contribution in [0.4, 0.5) is 0 Å². The van der Waals surface area contributed by atoms with Crippen molar-refractivity contribution in [1.29, 1.82) is 0 Å². The van der Waals surface area contributed by atoms with Crippen LogP contribution in [0.2, 0.25) is 0 Å². The molecule has 0 radical (unpaired) electrons. The van der Waals surface area contributed by atoms with Crippen LogP contribution in [0, 0.1) is 0 Å². The Bertz CT molecular complexity index is 137. The second-order valence-electron chi connectivity index (χ2n) is 2.09. The predicted molar refractivity (Wildman–Crippen MR) is 33.3 cm³/mol. The molecule has 0 bridgehead atoms. The molecule has 0 aromatic heterocycles. The minimum Gasteiger partial charge on any atom is -0.269 e. The number of nitrogens with zero attached hydrogens (tertiary/aromatic N) is 3. The van der Waals surface area contributed by atoms with Crippen molar-refractivity contribution >= 4 is 6.34 Å². The van der Waals surface area contributed by atoms with E-state index in [1.165, 1.54) is 6.34 Å². The van der Waals surface area contributed by atoms with E-state index in [0.29, 0.717) is 5.17 Å². The van der Waals surface area contributed by atoms with E-state index in [2.05, 4.69) is 10.6 Å². The number of rotatable bonds is 2. The van der Waals surface area contributed by atoms with E-state index >= 15 is 0 Å². The van der Waals surface area contributed by atoms with E-state index in [1.54, 1.807) is 0 Å². The molecule has 0 saturated heterocycles. The molecule has 0 amide bonds. The Balaban J connectivity index is 2.30. The third kappa shape index (κ3) is 1.56. The second kappa shape index (κ2) is 2.82. The van der Waals surface area contributed by atoms with Crippen LogP contribution in [-0.4, -0.2) is 28.1 Å². The smallest absolute Gasteiger partial charge is 0.160 e. The van der Waals surface area contributed by atoms with Gasteiger partial charge in [-0.2, -0.15) is 5.53 Å². The van der Waals surface area contributed by atoms with Crippen molar-refractivity contribution in [3.05, 3.63) is 0 Å². The van der Waals surface area contributed by atoms with Gasteiger partial charge in [-0.25, -0.2) is 0 Å². The van der Waals surface area contributed by atoms with Crippen molar-refractivity contribution in [2.45, 2.75) is 20.0 Å². The lowest BCUT2D eigenvalue weighted by atomic mass is 10.5. The maximum absolute atomic E-state index is 8.86. The summed E-state index contributed by atoms with van der Waals surface area (Å²) in [5.41, 5.74) is 2.39. The van der Waals surface area contributed by atoms with E-state index in [1.807, 2.05) is 13.8 Å². The summed E-state index contributed by atoms with van der Waals surface area (Å²) >= 11 is 0. The maximum Gasteiger partial charge on any atom is 0.160 e. The minimum absolute atomic E-state index is 0.0103. The predicted octanol–water partition coefficient (Wildman–Crippen LogP) is -0.304. The van der Waals surface area contributed by atoms with Crippen molar-refractivity contribution in [2.75, 3.05) is 0 Å². The van der Waals surface area contributed by atoms with E-state index in [0.717, 1.165) is 5.28 Å². The number of hydrogen-bond donors (Lipinski definition) is 2. The molecule has 1 aliphatic heterocycles. The van der Waals surface area contributed by atoms with Gasteiger partial charge in [0, 0.05) is 5.28 Å². The van der Waals surface area contributed by atoms with Crippen LogP contribution in [0.5, 0.6) is 0 Å². The maximum atomic E-state index is 8.86. The summed E-state index contributed by atoms with van der Waals surface area (Å²) in [5, 5.41) is 14.1. The first kappa shape index (κ1) is 7.26. The van der Waals surface area contributed by atoms with Gasteiger partial charge in [0.05, 0.1) is 6.10 Å². The van der Waals surface area contributed by atoms with Crippen molar-refractivity contribution in [3.8, 4) is 0 Å². The summed E-state index contributed by atoms with van der Waals surface area (Å²) in [4.78, 5) is 5.00. The average Bonchev–Trinajstić information content (AvgIpc) is 2.15. The van der Waals surface area contributed by atoms with Crippen molar-refractivity contribution in [3.63, 3.8) is 0 Å². The molecule has 2 N–H and O–H groups in total. The number of nitrogens with one attached hydrogen (secondary N) is 1. The number of hydrazine groups is 2. The highest BCUT2D eigenvalue weighted by Crippen LogP contribution is 1.98. The standard InChI is InChI=1S/C4H10N4O2/c1-4(2)10-8-6-5-3-7(8)9/h3-4,6,9H,1-2H3. The Morgan fingerprint density at radius 2 is 2.40 bits per heavy atom. The Morgan fingerprint density at radius 3 is 2.80 bits per heavy atom. The number of hydrogen-bond acceptors (Lipinski definition) is 6. The van der Waals surface area contributed by atoms with Crippen molar-refractivity contribution < 1.29 is 10.0 Å². The van der Waals surface area contributed by atoms with Gasteiger partial charge in [-0.05, 0) is 13.8 Å². The van der Waals surface area contributed by atoms with Crippen LogP contribution in [0.3, 0.4) is 0 Å². The lowest BCUT2D eigenvalue weighted by Gasteiger charge is -2.20. The van der Waals surface area contributed by atoms with Crippen LogP contribution < -0.4 is 5.53 Å². The van der Waals surface area contributed by atoms with Gasteiger partial charge in [0.15, 0.2) is 6.34 Å². The zero-order valence-corrected chi connectivity index (χ0v) is 5.85. The molecule has 1 heterocycles. The van der Waals surface area contributed by atoms with E-state index in [4.69, 9.17) is 10.0 Å². The molecule has 1 rings (SSSR count). The summed E-state index contributed by atoms with van der Waals surface area (Å²) in [6.07, 6.45) is 1.17. The molecule has 0 aromatic carbocycles. The van der Waals surface area contributed by atoms with Gasteiger partial charge >= 0.3 is 0 Å². The molecule has 0 aliphatic carbocycles. The first-order chi connectivity index (χ1) is 4.70. The quantitative estimate of drug-likeness (QED) is 0.560. The minimum atomic E-state index is -0.0103. The molecule has 0 atom stereocenters. The van der Waals surface area contributed by atoms with Gasteiger partial charge in [-0.3, -0.25) is 10.0 Å². The monoisotopic (exact) mass is 146 g/mol. The Kier molecular flexibility index (Phi) is 2.05. The van der Waals surface area contributed by atoms with Crippen molar-refractivity contribution in [1.82, 2.24) is 16.0 Å². The number of hydroxylamine groups is 1. The van der Waals surface area contributed by atoms with E-state index in [-0.39, 0.29) is 6.10 Å². The van der Waals surface area contributed by atoms with Crippen LogP contribution in [0.1, 0.15) is 13.8 Å². The van der Waals surface area contributed by atoms with E-state index < -0.39 is 0 Å². The third-order valence-electron chi connectivity index (χ3n) is 0.801. The molecule has 1 aliphatic rings. The molecule has 0 unspecified atom stereocenters. The summed E-state index contributed by atoms with van der Waals surface area (Å²) < 4.78 is 0.